The zero-order valence-electron chi connectivity index (χ0n) is 8.80. The lowest BCUT2D eigenvalue weighted by Crippen LogP contribution is -2.07. The molecule has 1 nitrogen and oxygen atoms in total. The van der Waals surface area contributed by atoms with Gasteiger partial charge in [0.1, 0.15) is 5.82 Å². The van der Waals surface area contributed by atoms with Crippen LogP contribution in [0.4, 0.5) is 4.39 Å². The maximum Gasteiger partial charge on any atom is 0.189 e. The minimum Gasteiger partial charge on any atom is -0.289 e. The summed E-state index contributed by atoms with van der Waals surface area (Å²) in [7, 11) is 0. The van der Waals surface area contributed by atoms with E-state index in [0.717, 1.165) is 31.3 Å². The minimum absolute atomic E-state index is 0.0499. The molecule has 0 unspecified atom stereocenters. The quantitative estimate of drug-likeness (QED) is 0.741. The summed E-state index contributed by atoms with van der Waals surface area (Å²) in [6.45, 7) is 0. The van der Waals surface area contributed by atoms with Gasteiger partial charge in [-0.05, 0) is 49.5 Å². The third-order valence-corrected chi connectivity index (χ3v) is 3.45. The molecule has 2 rings (SSSR count). The Labute approximate surface area is 102 Å². The SMILES string of the molecule is O=C(C1=CCCCC1)c1cc(F)ccc1Br. The summed E-state index contributed by atoms with van der Waals surface area (Å²) < 4.78 is 13.7. The molecule has 0 bridgehead atoms. The van der Waals surface area contributed by atoms with Crippen molar-refractivity contribution < 1.29 is 9.18 Å². The molecule has 84 valence electrons. The van der Waals surface area contributed by atoms with Crippen molar-refractivity contribution in [2.24, 2.45) is 0 Å². The van der Waals surface area contributed by atoms with Crippen molar-refractivity contribution in [1.82, 2.24) is 0 Å². The molecular formula is C13H12BrFO. The van der Waals surface area contributed by atoms with Gasteiger partial charge in [0.2, 0.25) is 0 Å². The van der Waals surface area contributed by atoms with Crippen molar-refractivity contribution in [2.75, 3.05) is 0 Å². The molecule has 1 aromatic rings. The fourth-order valence-corrected chi connectivity index (χ4v) is 2.32. The maximum absolute atomic E-state index is 13.1. The summed E-state index contributed by atoms with van der Waals surface area (Å²) in [6, 6.07) is 4.21. The van der Waals surface area contributed by atoms with Gasteiger partial charge in [0.25, 0.3) is 0 Å². The van der Waals surface area contributed by atoms with Gasteiger partial charge < -0.3 is 0 Å². The van der Waals surface area contributed by atoms with Crippen molar-refractivity contribution in [2.45, 2.75) is 25.7 Å². The summed E-state index contributed by atoms with van der Waals surface area (Å²) in [4.78, 5) is 12.1. The van der Waals surface area contributed by atoms with Crippen LogP contribution in [0.3, 0.4) is 0 Å². The van der Waals surface area contributed by atoms with Crippen LogP contribution in [0.5, 0.6) is 0 Å². The Balaban J connectivity index is 2.33. The van der Waals surface area contributed by atoms with Crippen molar-refractivity contribution in [3.8, 4) is 0 Å². The first-order chi connectivity index (χ1) is 7.68. The lowest BCUT2D eigenvalue weighted by Gasteiger charge is -2.12. The van der Waals surface area contributed by atoms with Gasteiger partial charge >= 0.3 is 0 Å². The second-order valence-electron chi connectivity index (χ2n) is 3.93. The first-order valence-corrected chi connectivity index (χ1v) is 6.16. The van der Waals surface area contributed by atoms with Crippen molar-refractivity contribution in [3.63, 3.8) is 0 Å². The van der Waals surface area contributed by atoms with Crippen LogP contribution in [0.1, 0.15) is 36.0 Å². The van der Waals surface area contributed by atoms with E-state index in [4.69, 9.17) is 0 Å². The third-order valence-electron chi connectivity index (χ3n) is 2.76. The van der Waals surface area contributed by atoms with Crippen LogP contribution in [0.2, 0.25) is 0 Å². The Morgan fingerprint density at radius 2 is 2.12 bits per heavy atom. The van der Waals surface area contributed by atoms with Crippen LogP contribution in [0.15, 0.2) is 34.3 Å². The van der Waals surface area contributed by atoms with Crippen LogP contribution < -0.4 is 0 Å². The summed E-state index contributed by atoms with van der Waals surface area (Å²) in [6.07, 6.45) is 5.92. The second-order valence-corrected chi connectivity index (χ2v) is 4.78. The number of benzene rings is 1. The number of allylic oxidation sites excluding steroid dienone is 2. The number of halogens is 2. The van der Waals surface area contributed by atoms with Gasteiger partial charge in [-0.15, -0.1) is 0 Å². The van der Waals surface area contributed by atoms with E-state index >= 15 is 0 Å². The van der Waals surface area contributed by atoms with E-state index in [-0.39, 0.29) is 11.6 Å². The predicted octanol–water partition coefficient (Wildman–Crippen LogP) is 4.27. The molecule has 0 fully saturated rings. The zero-order chi connectivity index (χ0) is 11.5. The third kappa shape index (κ3) is 2.40. The van der Waals surface area contributed by atoms with Crippen LogP contribution in [0.25, 0.3) is 0 Å². The van der Waals surface area contributed by atoms with E-state index in [1.54, 1.807) is 6.07 Å². The smallest absolute Gasteiger partial charge is 0.189 e. The van der Waals surface area contributed by atoms with Gasteiger partial charge in [-0.25, -0.2) is 4.39 Å². The molecule has 0 aromatic heterocycles. The Morgan fingerprint density at radius 3 is 2.81 bits per heavy atom. The number of ketones is 1. The van der Waals surface area contributed by atoms with Gasteiger partial charge in [-0.1, -0.05) is 22.0 Å². The number of carbonyl (C=O) groups is 1. The van der Waals surface area contributed by atoms with Gasteiger partial charge in [0.15, 0.2) is 5.78 Å². The van der Waals surface area contributed by atoms with Crippen LogP contribution in [-0.2, 0) is 0 Å². The molecule has 0 amide bonds. The van der Waals surface area contributed by atoms with E-state index in [2.05, 4.69) is 15.9 Å². The van der Waals surface area contributed by atoms with Crippen molar-refractivity contribution >= 4 is 21.7 Å². The molecule has 1 aliphatic rings. The predicted molar refractivity (Wildman–Crippen MR) is 65.0 cm³/mol. The summed E-state index contributed by atoms with van der Waals surface area (Å²) in [5.74, 6) is -0.422. The summed E-state index contributed by atoms with van der Waals surface area (Å²) >= 11 is 3.28. The van der Waals surface area contributed by atoms with Gasteiger partial charge in [0.05, 0.1) is 0 Å². The molecule has 0 saturated carbocycles. The van der Waals surface area contributed by atoms with Crippen LogP contribution in [-0.4, -0.2) is 5.78 Å². The molecule has 16 heavy (non-hydrogen) atoms. The molecule has 3 heteroatoms. The highest BCUT2D eigenvalue weighted by molar-refractivity contribution is 9.10. The monoisotopic (exact) mass is 282 g/mol. The normalized spacial score (nSPS) is 15.8. The second kappa shape index (κ2) is 4.91. The average Bonchev–Trinajstić information content (AvgIpc) is 2.32. The Kier molecular flexibility index (Phi) is 3.54. The minimum atomic E-state index is -0.372. The Hall–Kier alpha value is -0.960. The van der Waals surface area contributed by atoms with E-state index in [1.807, 2.05) is 6.08 Å². The highest BCUT2D eigenvalue weighted by atomic mass is 79.9. The maximum atomic E-state index is 13.1. The van der Waals surface area contributed by atoms with Crippen molar-refractivity contribution in [3.05, 3.63) is 45.7 Å². The van der Waals surface area contributed by atoms with Crippen LogP contribution in [0, 0.1) is 5.82 Å². The van der Waals surface area contributed by atoms with E-state index in [1.165, 1.54) is 12.1 Å². The molecule has 0 radical (unpaired) electrons. The van der Waals surface area contributed by atoms with E-state index in [0.29, 0.717) is 10.0 Å². The molecule has 0 spiro atoms. The van der Waals surface area contributed by atoms with E-state index < -0.39 is 0 Å². The first kappa shape index (κ1) is 11.5. The number of rotatable bonds is 2. The number of hydrogen-bond donors (Lipinski definition) is 0. The largest absolute Gasteiger partial charge is 0.289 e. The Bertz CT molecular complexity index is 451. The standard InChI is InChI=1S/C13H12BrFO/c14-12-7-6-10(15)8-11(12)13(16)9-4-2-1-3-5-9/h4,6-8H,1-3,5H2. The summed E-state index contributed by atoms with van der Waals surface area (Å²) in [5.41, 5.74) is 1.24. The average molecular weight is 283 g/mol. The molecule has 0 atom stereocenters. The lowest BCUT2D eigenvalue weighted by atomic mass is 9.93. The fourth-order valence-electron chi connectivity index (χ4n) is 1.89. The lowest BCUT2D eigenvalue weighted by molar-refractivity contribution is 0.102. The van der Waals surface area contributed by atoms with Gasteiger partial charge in [0, 0.05) is 10.0 Å². The van der Waals surface area contributed by atoms with E-state index in [9.17, 15) is 9.18 Å². The molecule has 0 N–H and O–H groups in total. The fraction of sp³-hybridized carbons (Fsp3) is 0.308. The number of Topliss-reactive ketones (excluding diaryl/α,β-unsaturated/α-hetero) is 1. The van der Waals surface area contributed by atoms with Crippen molar-refractivity contribution in [1.29, 1.82) is 0 Å². The molecular weight excluding hydrogens is 271 g/mol. The van der Waals surface area contributed by atoms with Gasteiger partial charge in [-0.2, -0.15) is 0 Å². The first-order valence-electron chi connectivity index (χ1n) is 5.37. The Morgan fingerprint density at radius 1 is 1.31 bits per heavy atom. The molecule has 0 saturated heterocycles. The van der Waals surface area contributed by atoms with Gasteiger partial charge in [-0.3, -0.25) is 4.79 Å². The topological polar surface area (TPSA) is 17.1 Å². The highest BCUT2D eigenvalue weighted by Crippen LogP contribution is 2.25. The summed E-state index contributed by atoms with van der Waals surface area (Å²) in [5, 5.41) is 0. The van der Waals surface area contributed by atoms with Crippen LogP contribution >= 0.6 is 15.9 Å². The molecule has 1 aliphatic carbocycles. The zero-order valence-corrected chi connectivity index (χ0v) is 10.4. The molecule has 0 heterocycles. The molecule has 1 aromatic carbocycles. The number of hydrogen-bond acceptors (Lipinski definition) is 1. The number of carbonyl (C=O) groups excluding carboxylic acids is 1. The molecule has 0 aliphatic heterocycles. The highest BCUT2D eigenvalue weighted by Gasteiger charge is 2.17.